The molecule has 0 spiro atoms. The number of hydrogen-bond acceptors (Lipinski definition) is 5. The lowest BCUT2D eigenvalue weighted by atomic mass is 10.2. The van der Waals surface area contributed by atoms with Crippen LogP contribution in [0, 0.1) is 0 Å². The molecule has 0 saturated carbocycles. The van der Waals surface area contributed by atoms with Crippen molar-refractivity contribution in [1.82, 2.24) is 14.6 Å². The average Bonchev–Trinajstić information content (AvgIpc) is 3.22. The lowest BCUT2D eigenvalue weighted by Gasteiger charge is -1.99. The molecular weight excluding hydrogens is 300 g/mol. The Balaban J connectivity index is 1.63. The summed E-state index contributed by atoms with van der Waals surface area (Å²) in [4.78, 5) is 6.64. The Hall–Kier alpha value is -2.18. The summed E-state index contributed by atoms with van der Waals surface area (Å²) in [6, 6.07) is 14.4. The van der Waals surface area contributed by atoms with Crippen LogP contribution in [0.4, 0.5) is 5.13 Å². The van der Waals surface area contributed by atoms with E-state index in [4.69, 9.17) is 0 Å². The standard InChI is InChI=1S/C15H12N4S2/c1-2-5-11(6-3-1)13-10-17-15-19(13)18-14(21-15)16-9-12-7-4-8-20-12/h1-8,10H,9H2,(H,16,18). The van der Waals surface area contributed by atoms with Gasteiger partial charge in [0.1, 0.15) is 0 Å². The smallest absolute Gasteiger partial charge is 0.214 e. The molecule has 21 heavy (non-hydrogen) atoms. The van der Waals surface area contributed by atoms with Crippen molar-refractivity contribution in [2.75, 3.05) is 5.32 Å². The number of nitrogens with zero attached hydrogens (tertiary/aromatic N) is 3. The van der Waals surface area contributed by atoms with Gasteiger partial charge in [0.05, 0.1) is 18.4 Å². The maximum atomic E-state index is 4.61. The van der Waals surface area contributed by atoms with Gasteiger partial charge in [-0.05, 0) is 11.4 Å². The summed E-state index contributed by atoms with van der Waals surface area (Å²) < 4.78 is 1.90. The maximum absolute atomic E-state index is 4.61. The van der Waals surface area contributed by atoms with Crippen molar-refractivity contribution >= 4 is 32.8 Å². The molecule has 0 aliphatic heterocycles. The Morgan fingerprint density at radius 2 is 2.00 bits per heavy atom. The Morgan fingerprint density at radius 3 is 2.81 bits per heavy atom. The molecule has 3 aromatic heterocycles. The molecule has 0 fully saturated rings. The molecule has 0 aliphatic carbocycles. The van der Waals surface area contributed by atoms with Gasteiger partial charge >= 0.3 is 0 Å². The van der Waals surface area contributed by atoms with E-state index in [1.54, 1.807) is 22.7 Å². The lowest BCUT2D eigenvalue weighted by molar-refractivity contribution is 0.970. The number of thiophene rings is 1. The molecule has 0 radical (unpaired) electrons. The van der Waals surface area contributed by atoms with Gasteiger partial charge in [0, 0.05) is 10.4 Å². The largest absolute Gasteiger partial charge is 0.355 e. The number of nitrogens with one attached hydrogen (secondary N) is 1. The highest BCUT2D eigenvalue weighted by molar-refractivity contribution is 7.20. The summed E-state index contributed by atoms with van der Waals surface area (Å²) in [6.45, 7) is 0.801. The van der Waals surface area contributed by atoms with Gasteiger partial charge in [0.2, 0.25) is 10.1 Å². The highest BCUT2D eigenvalue weighted by Gasteiger charge is 2.11. The molecule has 6 heteroatoms. The van der Waals surface area contributed by atoms with E-state index in [9.17, 15) is 0 Å². The molecule has 0 aliphatic rings. The fraction of sp³-hybridized carbons (Fsp3) is 0.0667. The van der Waals surface area contributed by atoms with Gasteiger partial charge in [0.25, 0.3) is 0 Å². The minimum absolute atomic E-state index is 0.801. The van der Waals surface area contributed by atoms with Crippen LogP contribution in [0.1, 0.15) is 4.88 Å². The van der Waals surface area contributed by atoms with Gasteiger partial charge in [-0.2, -0.15) is 0 Å². The molecule has 3 heterocycles. The van der Waals surface area contributed by atoms with Gasteiger partial charge in [-0.25, -0.2) is 9.50 Å². The molecule has 4 aromatic rings. The minimum atomic E-state index is 0.801. The molecule has 1 aromatic carbocycles. The average molecular weight is 312 g/mol. The first kappa shape index (κ1) is 12.6. The third-order valence-corrected chi connectivity index (χ3v) is 4.91. The zero-order valence-electron chi connectivity index (χ0n) is 11.1. The highest BCUT2D eigenvalue weighted by atomic mass is 32.1. The number of imidazole rings is 1. The van der Waals surface area contributed by atoms with Crippen molar-refractivity contribution in [2.24, 2.45) is 0 Å². The van der Waals surface area contributed by atoms with E-state index in [0.717, 1.165) is 27.9 Å². The number of benzene rings is 1. The van der Waals surface area contributed by atoms with Gasteiger partial charge in [0.15, 0.2) is 0 Å². The monoisotopic (exact) mass is 312 g/mol. The van der Waals surface area contributed by atoms with Crippen molar-refractivity contribution in [3.8, 4) is 11.3 Å². The van der Waals surface area contributed by atoms with Crippen LogP contribution >= 0.6 is 22.7 Å². The number of hydrogen-bond donors (Lipinski definition) is 1. The molecule has 0 unspecified atom stereocenters. The van der Waals surface area contributed by atoms with Crippen molar-refractivity contribution in [1.29, 1.82) is 0 Å². The molecule has 0 amide bonds. The van der Waals surface area contributed by atoms with Crippen LogP contribution in [-0.2, 0) is 6.54 Å². The number of anilines is 1. The maximum Gasteiger partial charge on any atom is 0.214 e. The van der Waals surface area contributed by atoms with E-state index in [1.807, 2.05) is 28.9 Å². The molecule has 0 saturated heterocycles. The van der Waals surface area contributed by atoms with Crippen LogP contribution in [0.15, 0.2) is 54.0 Å². The van der Waals surface area contributed by atoms with Crippen LogP contribution < -0.4 is 5.32 Å². The SMILES string of the molecule is c1ccc(-c2cnc3sc(NCc4cccs4)nn23)cc1. The Labute approximate surface area is 129 Å². The first-order valence-corrected chi connectivity index (χ1v) is 8.26. The second-order valence-electron chi connectivity index (χ2n) is 4.54. The molecule has 0 atom stereocenters. The third-order valence-electron chi connectivity index (χ3n) is 3.15. The summed E-state index contributed by atoms with van der Waals surface area (Å²) in [5.41, 5.74) is 2.14. The highest BCUT2D eigenvalue weighted by Crippen LogP contribution is 2.26. The Kier molecular flexibility index (Phi) is 3.17. The zero-order chi connectivity index (χ0) is 14.1. The van der Waals surface area contributed by atoms with E-state index in [-0.39, 0.29) is 0 Å². The zero-order valence-corrected chi connectivity index (χ0v) is 12.7. The number of rotatable bonds is 4. The van der Waals surface area contributed by atoms with Gasteiger partial charge < -0.3 is 5.32 Å². The fourth-order valence-electron chi connectivity index (χ4n) is 2.15. The van der Waals surface area contributed by atoms with Gasteiger partial charge in [-0.3, -0.25) is 0 Å². The van der Waals surface area contributed by atoms with Crippen LogP contribution in [0.5, 0.6) is 0 Å². The summed E-state index contributed by atoms with van der Waals surface area (Å²) in [6.07, 6.45) is 1.87. The van der Waals surface area contributed by atoms with Crippen LogP contribution in [0.25, 0.3) is 16.2 Å². The normalized spacial score (nSPS) is 11.0. The summed E-state index contributed by atoms with van der Waals surface area (Å²) in [7, 11) is 0. The molecule has 1 N–H and O–H groups in total. The Morgan fingerprint density at radius 1 is 1.10 bits per heavy atom. The van der Waals surface area contributed by atoms with Crippen molar-refractivity contribution in [3.05, 3.63) is 58.9 Å². The topological polar surface area (TPSA) is 42.2 Å². The molecule has 0 bridgehead atoms. The summed E-state index contributed by atoms with van der Waals surface area (Å²) in [5.74, 6) is 0. The minimum Gasteiger partial charge on any atom is -0.355 e. The Bertz CT molecular complexity index is 846. The van der Waals surface area contributed by atoms with E-state index >= 15 is 0 Å². The van der Waals surface area contributed by atoms with Crippen molar-refractivity contribution in [2.45, 2.75) is 6.54 Å². The molecule has 104 valence electrons. The first-order chi connectivity index (χ1) is 10.4. The molecule has 4 nitrogen and oxygen atoms in total. The van der Waals surface area contributed by atoms with Crippen LogP contribution in [-0.4, -0.2) is 14.6 Å². The number of fused-ring (bicyclic) bond motifs is 1. The third kappa shape index (κ3) is 2.43. The van der Waals surface area contributed by atoms with E-state index in [1.165, 1.54) is 4.88 Å². The number of aromatic nitrogens is 3. The first-order valence-electron chi connectivity index (χ1n) is 6.56. The summed E-state index contributed by atoms with van der Waals surface area (Å²) >= 11 is 3.31. The molecular formula is C15H12N4S2. The second-order valence-corrected chi connectivity index (χ2v) is 6.53. The van der Waals surface area contributed by atoms with Gasteiger partial charge in [-0.1, -0.05) is 47.7 Å². The van der Waals surface area contributed by atoms with E-state index < -0.39 is 0 Å². The fourth-order valence-corrected chi connectivity index (χ4v) is 3.56. The quantitative estimate of drug-likeness (QED) is 0.616. The van der Waals surface area contributed by atoms with Crippen molar-refractivity contribution in [3.63, 3.8) is 0 Å². The van der Waals surface area contributed by atoms with E-state index in [2.05, 4.69) is 45.0 Å². The predicted molar refractivity (Wildman–Crippen MR) is 87.9 cm³/mol. The van der Waals surface area contributed by atoms with Crippen LogP contribution in [0.2, 0.25) is 0 Å². The lowest BCUT2D eigenvalue weighted by Crippen LogP contribution is -1.98. The predicted octanol–water partition coefficient (Wildman–Crippen LogP) is 4.13. The van der Waals surface area contributed by atoms with Crippen LogP contribution in [0.3, 0.4) is 0 Å². The van der Waals surface area contributed by atoms with Crippen molar-refractivity contribution < 1.29 is 0 Å². The van der Waals surface area contributed by atoms with Gasteiger partial charge in [-0.15, -0.1) is 16.4 Å². The summed E-state index contributed by atoms with van der Waals surface area (Å²) in [5, 5.41) is 10.9. The van der Waals surface area contributed by atoms with E-state index in [0.29, 0.717) is 0 Å². The molecule has 4 rings (SSSR count). The second kappa shape index (κ2) is 5.31.